The van der Waals surface area contributed by atoms with Crippen LogP contribution in [0.4, 0.5) is 0 Å². The van der Waals surface area contributed by atoms with Crippen LogP contribution in [-0.2, 0) is 12.3 Å². The Kier molecular flexibility index (Phi) is 4.75. The molecule has 3 aromatic rings. The predicted molar refractivity (Wildman–Crippen MR) is 99.2 cm³/mol. The van der Waals surface area contributed by atoms with E-state index in [1.54, 1.807) is 23.9 Å². The van der Waals surface area contributed by atoms with Crippen molar-refractivity contribution < 1.29 is 4.52 Å². The number of nitrogens with zero attached hydrogens (tertiary/aromatic N) is 4. The SMILES string of the molecule is CCn1c(SCc2cc(-c3ccc(Cl)cc3Cl)no2)nnc1C1CC1. The van der Waals surface area contributed by atoms with E-state index < -0.39 is 0 Å². The third kappa shape index (κ3) is 3.57. The monoisotopic (exact) mass is 394 g/mol. The topological polar surface area (TPSA) is 56.7 Å². The van der Waals surface area contributed by atoms with Crippen molar-refractivity contribution in [1.82, 2.24) is 19.9 Å². The third-order valence-electron chi connectivity index (χ3n) is 4.11. The summed E-state index contributed by atoms with van der Waals surface area (Å²) in [5, 5.41) is 14.9. The van der Waals surface area contributed by atoms with Crippen LogP contribution in [0.2, 0.25) is 10.0 Å². The molecule has 0 N–H and O–H groups in total. The van der Waals surface area contributed by atoms with Crippen LogP contribution in [0, 0.1) is 0 Å². The fraction of sp³-hybridized carbons (Fsp3) is 0.353. The fourth-order valence-corrected chi connectivity index (χ4v) is 4.08. The van der Waals surface area contributed by atoms with Crippen molar-refractivity contribution in [3.8, 4) is 11.3 Å². The second-order valence-corrected chi connectivity index (χ2v) is 7.74. The summed E-state index contributed by atoms with van der Waals surface area (Å²) in [5.74, 6) is 3.10. The van der Waals surface area contributed by atoms with Gasteiger partial charge in [-0.05, 0) is 38.0 Å². The lowest BCUT2D eigenvalue weighted by molar-refractivity contribution is 0.397. The van der Waals surface area contributed by atoms with Crippen LogP contribution in [0.25, 0.3) is 11.3 Å². The van der Waals surface area contributed by atoms with E-state index in [0.29, 0.717) is 27.4 Å². The van der Waals surface area contributed by atoms with Gasteiger partial charge in [0.25, 0.3) is 0 Å². The average molecular weight is 395 g/mol. The zero-order chi connectivity index (χ0) is 17.4. The molecule has 130 valence electrons. The van der Waals surface area contributed by atoms with Gasteiger partial charge in [-0.25, -0.2) is 0 Å². The zero-order valence-electron chi connectivity index (χ0n) is 13.6. The number of hydrogen-bond donors (Lipinski definition) is 0. The smallest absolute Gasteiger partial charge is 0.191 e. The molecule has 0 atom stereocenters. The van der Waals surface area contributed by atoms with E-state index in [2.05, 4.69) is 26.8 Å². The molecule has 1 aliphatic rings. The lowest BCUT2D eigenvalue weighted by atomic mass is 10.1. The summed E-state index contributed by atoms with van der Waals surface area (Å²) in [5.41, 5.74) is 1.51. The Hall–Kier alpha value is -1.50. The highest BCUT2D eigenvalue weighted by Crippen LogP contribution is 2.40. The van der Waals surface area contributed by atoms with Gasteiger partial charge in [0.1, 0.15) is 17.3 Å². The highest BCUT2D eigenvalue weighted by Gasteiger charge is 2.30. The lowest BCUT2D eigenvalue weighted by Crippen LogP contribution is -2.01. The molecule has 1 saturated carbocycles. The summed E-state index contributed by atoms with van der Waals surface area (Å²) >= 11 is 13.8. The minimum atomic E-state index is 0.555. The summed E-state index contributed by atoms with van der Waals surface area (Å²) in [6.45, 7) is 3.00. The second kappa shape index (κ2) is 7.02. The molecule has 1 aromatic carbocycles. The van der Waals surface area contributed by atoms with Crippen molar-refractivity contribution in [2.45, 2.75) is 43.1 Å². The van der Waals surface area contributed by atoms with Gasteiger partial charge in [0.2, 0.25) is 0 Å². The first-order valence-corrected chi connectivity index (χ1v) is 9.86. The molecule has 2 aromatic heterocycles. The molecule has 0 aliphatic heterocycles. The first-order valence-electron chi connectivity index (χ1n) is 8.12. The van der Waals surface area contributed by atoms with Gasteiger partial charge in [0, 0.05) is 29.1 Å². The predicted octanol–water partition coefficient (Wildman–Crippen LogP) is 5.43. The van der Waals surface area contributed by atoms with Gasteiger partial charge in [-0.3, -0.25) is 0 Å². The maximum absolute atomic E-state index is 6.23. The Bertz CT molecular complexity index is 904. The largest absolute Gasteiger partial charge is 0.360 e. The molecule has 5 nitrogen and oxygen atoms in total. The second-order valence-electron chi connectivity index (χ2n) is 5.95. The maximum atomic E-state index is 6.23. The van der Waals surface area contributed by atoms with Gasteiger partial charge in [-0.15, -0.1) is 10.2 Å². The molecule has 2 heterocycles. The summed E-state index contributed by atoms with van der Waals surface area (Å²) in [6, 6.07) is 7.23. The molecule has 4 rings (SSSR count). The van der Waals surface area contributed by atoms with Gasteiger partial charge < -0.3 is 9.09 Å². The molecule has 8 heteroatoms. The molecule has 0 amide bonds. The Labute approximate surface area is 159 Å². The van der Waals surface area contributed by atoms with Gasteiger partial charge in [0.15, 0.2) is 5.16 Å². The van der Waals surface area contributed by atoms with Crippen molar-refractivity contribution in [1.29, 1.82) is 0 Å². The van der Waals surface area contributed by atoms with Crippen molar-refractivity contribution in [2.75, 3.05) is 0 Å². The minimum absolute atomic E-state index is 0.555. The first kappa shape index (κ1) is 16.9. The van der Waals surface area contributed by atoms with Gasteiger partial charge in [0.05, 0.1) is 10.8 Å². The fourth-order valence-electron chi connectivity index (χ4n) is 2.69. The summed E-state index contributed by atoms with van der Waals surface area (Å²) in [4.78, 5) is 0. The number of aromatic nitrogens is 4. The van der Waals surface area contributed by atoms with E-state index in [-0.39, 0.29) is 0 Å². The van der Waals surface area contributed by atoms with Gasteiger partial charge in [-0.2, -0.15) is 0 Å². The molecule has 1 fully saturated rings. The molecule has 0 bridgehead atoms. The molecule has 0 saturated heterocycles. The summed E-state index contributed by atoms with van der Waals surface area (Å²) in [7, 11) is 0. The average Bonchev–Trinajstić information content (AvgIpc) is 3.18. The zero-order valence-corrected chi connectivity index (χ0v) is 15.9. The van der Waals surface area contributed by atoms with E-state index in [1.807, 2.05) is 12.1 Å². The molecular formula is C17H16Cl2N4OS. The minimum Gasteiger partial charge on any atom is -0.360 e. The van der Waals surface area contributed by atoms with Crippen LogP contribution in [-0.4, -0.2) is 19.9 Å². The molecular weight excluding hydrogens is 379 g/mol. The van der Waals surface area contributed by atoms with Crippen LogP contribution in [0.5, 0.6) is 0 Å². The van der Waals surface area contributed by atoms with Crippen LogP contribution in [0.3, 0.4) is 0 Å². The van der Waals surface area contributed by atoms with Crippen LogP contribution in [0.1, 0.15) is 37.3 Å². The first-order chi connectivity index (χ1) is 12.2. The van der Waals surface area contributed by atoms with E-state index >= 15 is 0 Å². The van der Waals surface area contributed by atoms with Gasteiger partial charge >= 0.3 is 0 Å². The quantitative estimate of drug-likeness (QED) is 0.521. The molecule has 0 radical (unpaired) electrons. The van der Waals surface area contributed by atoms with Gasteiger partial charge in [-0.1, -0.05) is 40.1 Å². The normalized spacial score (nSPS) is 14.2. The number of benzene rings is 1. The van der Waals surface area contributed by atoms with Crippen molar-refractivity contribution >= 4 is 35.0 Å². The van der Waals surface area contributed by atoms with Crippen LogP contribution in [0.15, 0.2) is 33.9 Å². The Morgan fingerprint density at radius 3 is 2.80 bits per heavy atom. The highest BCUT2D eigenvalue weighted by molar-refractivity contribution is 7.98. The van der Waals surface area contributed by atoms with Crippen molar-refractivity contribution in [3.63, 3.8) is 0 Å². The van der Waals surface area contributed by atoms with E-state index in [9.17, 15) is 0 Å². The third-order valence-corrected chi connectivity index (χ3v) is 5.65. The van der Waals surface area contributed by atoms with Crippen molar-refractivity contribution in [3.05, 3.63) is 45.9 Å². The molecule has 0 spiro atoms. The Balaban J connectivity index is 1.48. The standard InChI is InChI=1S/C17H16Cl2N4OS/c1-2-23-16(10-3-4-10)20-21-17(23)25-9-12-8-15(22-24-12)13-6-5-11(18)7-14(13)19/h5-8,10H,2-4,9H2,1H3. The summed E-state index contributed by atoms with van der Waals surface area (Å²) < 4.78 is 7.64. The van der Waals surface area contributed by atoms with E-state index in [4.69, 9.17) is 27.7 Å². The van der Waals surface area contributed by atoms with Crippen LogP contribution >= 0.6 is 35.0 Å². The van der Waals surface area contributed by atoms with E-state index in [0.717, 1.165) is 28.8 Å². The lowest BCUT2D eigenvalue weighted by Gasteiger charge is -2.05. The Morgan fingerprint density at radius 1 is 1.24 bits per heavy atom. The molecule has 25 heavy (non-hydrogen) atoms. The summed E-state index contributed by atoms with van der Waals surface area (Å²) in [6.07, 6.45) is 2.44. The number of thioether (sulfide) groups is 1. The molecule has 1 aliphatic carbocycles. The van der Waals surface area contributed by atoms with E-state index in [1.165, 1.54) is 12.8 Å². The Morgan fingerprint density at radius 2 is 2.08 bits per heavy atom. The number of hydrogen-bond acceptors (Lipinski definition) is 5. The van der Waals surface area contributed by atoms with Crippen LogP contribution < -0.4 is 0 Å². The van der Waals surface area contributed by atoms with Crippen molar-refractivity contribution in [2.24, 2.45) is 0 Å². The highest BCUT2D eigenvalue weighted by atomic mass is 35.5. The number of halogens is 2. The number of rotatable bonds is 6. The maximum Gasteiger partial charge on any atom is 0.191 e. The molecule has 0 unspecified atom stereocenters.